The van der Waals surface area contributed by atoms with Gasteiger partial charge in [-0.3, -0.25) is 4.90 Å². The number of hydrogen-bond donors (Lipinski definition) is 1. The highest BCUT2D eigenvalue weighted by Gasteiger charge is 2.32. The van der Waals surface area contributed by atoms with E-state index in [0.29, 0.717) is 5.54 Å². The quantitative estimate of drug-likeness (QED) is 0.710. The molecule has 1 unspecified atom stereocenters. The predicted octanol–water partition coefficient (Wildman–Crippen LogP) is 4.20. The van der Waals surface area contributed by atoms with Crippen molar-refractivity contribution < 1.29 is 0 Å². The molecule has 1 N–H and O–H groups in total. The van der Waals surface area contributed by atoms with Crippen molar-refractivity contribution in [3.8, 4) is 0 Å². The summed E-state index contributed by atoms with van der Waals surface area (Å²) in [7, 11) is 0. The van der Waals surface area contributed by atoms with Crippen molar-refractivity contribution in [1.29, 1.82) is 0 Å². The maximum absolute atomic E-state index is 3.84. The molecule has 0 bridgehead atoms. The standard InChI is InChI=1S/C17H36N2/c1-5-9-12-16(11-6-2)19-14-10-13-18-17(7-3,8-4)15-19/h16,18H,5-15H2,1-4H3. The number of rotatable bonds is 8. The van der Waals surface area contributed by atoms with Crippen LogP contribution in [0.1, 0.15) is 79.1 Å². The summed E-state index contributed by atoms with van der Waals surface area (Å²) in [6, 6.07) is 0.822. The van der Waals surface area contributed by atoms with Gasteiger partial charge >= 0.3 is 0 Å². The molecule has 2 nitrogen and oxygen atoms in total. The Morgan fingerprint density at radius 2 is 1.79 bits per heavy atom. The van der Waals surface area contributed by atoms with E-state index in [1.165, 1.54) is 71.0 Å². The first-order chi connectivity index (χ1) is 9.21. The van der Waals surface area contributed by atoms with E-state index in [0.717, 1.165) is 6.04 Å². The fourth-order valence-electron chi connectivity index (χ4n) is 3.48. The molecule has 1 aliphatic rings. The summed E-state index contributed by atoms with van der Waals surface area (Å²) < 4.78 is 0. The molecule has 0 aromatic heterocycles. The van der Waals surface area contributed by atoms with Crippen molar-refractivity contribution in [3.05, 3.63) is 0 Å². The minimum atomic E-state index is 0.370. The van der Waals surface area contributed by atoms with Gasteiger partial charge in [0.2, 0.25) is 0 Å². The highest BCUT2D eigenvalue weighted by molar-refractivity contribution is 4.92. The molecular formula is C17H36N2. The first-order valence-electron chi connectivity index (χ1n) is 8.70. The average Bonchev–Trinajstić information content (AvgIpc) is 2.66. The second-order valence-corrected chi connectivity index (χ2v) is 6.32. The lowest BCUT2D eigenvalue weighted by Gasteiger charge is -2.39. The van der Waals surface area contributed by atoms with E-state index in [2.05, 4.69) is 37.9 Å². The molecule has 0 aromatic rings. The third-order valence-corrected chi connectivity index (χ3v) is 5.01. The lowest BCUT2D eigenvalue weighted by Crippen LogP contribution is -2.52. The predicted molar refractivity (Wildman–Crippen MR) is 85.7 cm³/mol. The largest absolute Gasteiger partial charge is 0.310 e. The van der Waals surface area contributed by atoms with Gasteiger partial charge in [-0.05, 0) is 45.2 Å². The number of hydrogen-bond acceptors (Lipinski definition) is 2. The van der Waals surface area contributed by atoms with Crippen LogP contribution in [0.3, 0.4) is 0 Å². The number of nitrogens with zero attached hydrogens (tertiary/aromatic N) is 1. The van der Waals surface area contributed by atoms with Crippen molar-refractivity contribution in [2.45, 2.75) is 90.6 Å². The summed E-state index contributed by atoms with van der Waals surface area (Å²) >= 11 is 0. The van der Waals surface area contributed by atoms with E-state index in [9.17, 15) is 0 Å². The lowest BCUT2D eigenvalue weighted by molar-refractivity contribution is 0.133. The maximum Gasteiger partial charge on any atom is 0.0303 e. The smallest absolute Gasteiger partial charge is 0.0303 e. The first-order valence-corrected chi connectivity index (χ1v) is 8.70. The van der Waals surface area contributed by atoms with Crippen molar-refractivity contribution in [1.82, 2.24) is 10.2 Å². The van der Waals surface area contributed by atoms with Crippen LogP contribution >= 0.6 is 0 Å². The Hall–Kier alpha value is -0.0800. The summed E-state index contributed by atoms with van der Waals surface area (Å²) in [5.74, 6) is 0. The monoisotopic (exact) mass is 268 g/mol. The van der Waals surface area contributed by atoms with Gasteiger partial charge in [0.05, 0.1) is 0 Å². The Morgan fingerprint density at radius 1 is 1.05 bits per heavy atom. The molecule has 0 aliphatic carbocycles. The lowest BCUT2D eigenvalue weighted by atomic mass is 9.91. The Labute approximate surface area is 121 Å². The van der Waals surface area contributed by atoms with Gasteiger partial charge in [0.15, 0.2) is 0 Å². The van der Waals surface area contributed by atoms with Gasteiger partial charge in [0.25, 0.3) is 0 Å². The summed E-state index contributed by atoms with van der Waals surface area (Å²) in [6.45, 7) is 13.1. The van der Waals surface area contributed by atoms with Crippen LogP contribution < -0.4 is 5.32 Å². The Balaban J connectivity index is 2.69. The van der Waals surface area contributed by atoms with E-state index < -0.39 is 0 Å². The molecule has 0 saturated carbocycles. The first kappa shape index (κ1) is 17.0. The van der Waals surface area contributed by atoms with Gasteiger partial charge in [-0.15, -0.1) is 0 Å². The third kappa shape index (κ3) is 5.07. The second kappa shape index (κ2) is 8.97. The molecule has 1 heterocycles. The highest BCUT2D eigenvalue weighted by atomic mass is 15.2. The van der Waals surface area contributed by atoms with Gasteiger partial charge < -0.3 is 5.32 Å². The van der Waals surface area contributed by atoms with Crippen molar-refractivity contribution in [2.75, 3.05) is 19.6 Å². The van der Waals surface area contributed by atoms with Crippen LogP contribution in [0.2, 0.25) is 0 Å². The minimum absolute atomic E-state index is 0.370. The van der Waals surface area contributed by atoms with Crippen LogP contribution in [0.25, 0.3) is 0 Å². The van der Waals surface area contributed by atoms with Crippen LogP contribution in [-0.4, -0.2) is 36.1 Å². The zero-order valence-electron chi connectivity index (χ0n) is 13.8. The normalized spacial score (nSPS) is 22.1. The van der Waals surface area contributed by atoms with E-state index in [-0.39, 0.29) is 0 Å². The zero-order chi connectivity index (χ0) is 14.1. The molecule has 1 fully saturated rings. The molecule has 0 amide bonds. The molecule has 1 atom stereocenters. The second-order valence-electron chi connectivity index (χ2n) is 6.32. The van der Waals surface area contributed by atoms with Crippen molar-refractivity contribution in [2.24, 2.45) is 0 Å². The summed E-state index contributed by atoms with van der Waals surface area (Å²) in [4.78, 5) is 2.81. The number of unbranched alkanes of at least 4 members (excludes halogenated alkanes) is 1. The Morgan fingerprint density at radius 3 is 2.37 bits per heavy atom. The SMILES string of the molecule is CCCCC(CCC)N1CCCNC(CC)(CC)C1. The Kier molecular flexibility index (Phi) is 8.01. The maximum atomic E-state index is 3.84. The average molecular weight is 268 g/mol. The van der Waals surface area contributed by atoms with Crippen LogP contribution in [0, 0.1) is 0 Å². The van der Waals surface area contributed by atoms with Crippen LogP contribution in [0.5, 0.6) is 0 Å². The molecule has 1 aliphatic heterocycles. The summed E-state index contributed by atoms with van der Waals surface area (Å²) in [5.41, 5.74) is 0.370. The van der Waals surface area contributed by atoms with E-state index in [1.807, 2.05) is 0 Å². The van der Waals surface area contributed by atoms with Gasteiger partial charge in [-0.25, -0.2) is 0 Å². The van der Waals surface area contributed by atoms with Crippen LogP contribution in [0.4, 0.5) is 0 Å². The molecule has 0 radical (unpaired) electrons. The van der Waals surface area contributed by atoms with Crippen molar-refractivity contribution in [3.63, 3.8) is 0 Å². The fourth-order valence-corrected chi connectivity index (χ4v) is 3.48. The van der Waals surface area contributed by atoms with Gasteiger partial charge in [0, 0.05) is 18.1 Å². The molecule has 1 rings (SSSR count). The fraction of sp³-hybridized carbons (Fsp3) is 1.00. The molecule has 114 valence electrons. The zero-order valence-corrected chi connectivity index (χ0v) is 13.8. The van der Waals surface area contributed by atoms with Crippen molar-refractivity contribution >= 4 is 0 Å². The van der Waals surface area contributed by atoms with E-state index in [1.54, 1.807) is 0 Å². The number of nitrogens with one attached hydrogen (secondary N) is 1. The molecular weight excluding hydrogens is 232 g/mol. The highest BCUT2D eigenvalue weighted by Crippen LogP contribution is 2.24. The summed E-state index contributed by atoms with van der Waals surface area (Å²) in [5, 5.41) is 3.84. The molecule has 2 heteroatoms. The topological polar surface area (TPSA) is 15.3 Å². The van der Waals surface area contributed by atoms with E-state index in [4.69, 9.17) is 0 Å². The van der Waals surface area contributed by atoms with E-state index >= 15 is 0 Å². The molecule has 0 spiro atoms. The molecule has 0 aromatic carbocycles. The molecule has 1 saturated heterocycles. The van der Waals surface area contributed by atoms with Crippen LogP contribution in [-0.2, 0) is 0 Å². The molecule has 19 heavy (non-hydrogen) atoms. The Bertz CT molecular complexity index is 223. The minimum Gasteiger partial charge on any atom is -0.310 e. The van der Waals surface area contributed by atoms with Gasteiger partial charge in [-0.2, -0.15) is 0 Å². The van der Waals surface area contributed by atoms with Crippen LogP contribution in [0.15, 0.2) is 0 Å². The van der Waals surface area contributed by atoms with Gasteiger partial charge in [-0.1, -0.05) is 47.0 Å². The van der Waals surface area contributed by atoms with Gasteiger partial charge in [0.1, 0.15) is 0 Å². The summed E-state index contributed by atoms with van der Waals surface area (Å²) in [6.07, 6.45) is 10.6. The third-order valence-electron chi connectivity index (χ3n) is 5.01.